The number of hydrogen-bond donors (Lipinski definition) is 2. The van der Waals surface area contributed by atoms with Gasteiger partial charge in [0.15, 0.2) is 0 Å². The quantitative estimate of drug-likeness (QED) is 0.850. The fraction of sp³-hybridized carbons (Fsp3) is 0.412. The maximum absolute atomic E-state index is 13.2. The van der Waals surface area contributed by atoms with Gasteiger partial charge in [0.05, 0.1) is 44.2 Å². The lowest BCUT2D eigenvalue weighted by molar-refractivity contribution is -0.138. The van der Waals surface area contributed by atoms with Crippen LogP contribution in [0.3, 0.4) is 0 Å². The lowest BCUT2D eigenvalue weighted by Gasteiger charge is -2.22. The standard InChI is InChI=1S/C17H19F3N4O3/c18-17(19,20)14-4-2-1-3-12(14)9-24-15(5-6-21-24)22-16(26)23-7-8-27-11-13(25)10-23/h1-6,13,25H,7-11H2,(H,22,26)/t13-/m1/s1. The van der Waals surface area contributed by atoms with Gasteiger partial charge in [0.1, 0.15) is 5.82 Å². The number of carbonyl (C=O) groups excluding carboxylic acids is 1. The van der Waals surface area contributed by atoms with Crippen LogP contribution in [0.2, 0.25) is 0 Å². The van der Waals surface area contributed by atoms with Gasteiger partial charge in [0.25, 0.3) is 0 Å². The van der Waals surface area contributed by atoms with Crippen LogP contribution in [0, 0.1) is 0 Å². The van der Waals surface area contributed by atoms with Gasteiger partial charge in [-0.05, 0) is 11.6 Å². The van der Waals surface area contributed by atoms with Crippen LogP contribution in [-0.4, -0.2) is 58.2 Å². The first-order chi connectivity index (χ1) is 12.8. The number of amides is 2. The van der Waals surface area contributed by atoms with Gasteiger partial charge in [0.2, 0.25) is 0 Å². The van der Waals surface area contributed by atoms with Crippen LogP contribution >= 0.6 is 0 Å². The molecule has 10 heteroatoms. The molecule has 2 amide bonds. The smallest absolute Gasteiger partial charge is 0.389 e. The fourth-order valence-corrected chi connectivity index (χ4v) is 2.83. The van der Waals surface area contributed by atoms with Crippen molar-refractivity contribution in [3.63, 3.8) is 0 Å². The molecule has 2 aromatic rings. The van der Waals surface area contributed by atoms with E-state index in [1.807, 2.05) is 0 Å². The Morgan fingerprint density at radius 3 is 2.89 bits per heavy atom. The summed E-state index contributed by atoms with van der Waals surface area (Å²) >= 11 is 0. The zero-order chi connectivity index (χ0) is 19.4. The van der Waals surface area contributed by atoms with Gasteiger partial charge < -0.3 is 14.7 Å². The van der Waals surface area contributed by atoms with Crippen LogP contribution in [0.4, 0.5) is 23.8 Å². The Labute approximate surface area is 153 Å². The molecule has 1 aromatic carbocycles. The number of rotatable bonds is 3. The zero-order valence-corrected chi connectivity index (χ0v) is 14.3. The van der Waals surface area contributed by atoms with Gasteiger partial charge in [-0.25, -0.2) is 9.48 Å². The number of ether oxygens (including phenoxy) is 1. The molecule has 0 spiro atoms. The van der Waals surface area contributed by atoms with Crippen molar-refractivity contribution in [2.45, 2.75) is 18.8 Å². The first-order valence-corrected chi connectivity index (χ1v) is 8.33. The number of nitrogens with one attached hydrogen (secondary N) is 1. The zero-order valence-electron chi connectivity index (χ0n) is 14.3. The molecule has 1 fully saturated rings. The summed E-state index contributed by atoms with van der Waals surface area (Å²) in [6, 6.07) is 6.24. The van der Waals surface area contributed by atoms with E-state index in [4.69, 9.17) is 4.74 Å². The highest BCUT2D eigenvalue weighted by Gasteiger charge is 2.33. The maximum Gasteiger partial charge on any atom is 0.416 e. The van der Waals surface area contributed by atoms with Crippen molar-refractivity contribution in [3.8, 4) is 0 Å². The molecule has 7 nitrogen and oxygen atoms in total. The summed E-state index contributed by atoms with van der Waals surface area (Å²) in [6.07, 6.45) is -3.87. The summed E-state index contributed by atoms with van der Waals surface area (Å²) in [5, 5.41) is 16.4. The molecule has 1 aromatic heterocycles. The number of alkyl halides is 3. The van der Waals surface area contributed by atoms with Gasteiger partial charge in [-0.15, -0.1) is 0 Å². The van der Waals surface area contributed by atoms with E-state index in [1.54, 1.807) is 0 Å². The van der Waals surface area contributed by atoms with Crippen LogP contribution in [0.15, 0.2) is 36.5 Å². The molecule has 0 unspecified atom stereocenters. The first-order valence-electron chi connectivity index (χ1n) is 8.33. The molecule has 146 valence electrons. The second kappa shape index (κ2) is 7.97. The number of hydrogen-bond acceptors (Lipinski definition) is 4. The van der Waals surface area contributed by atoms with Crippen molar-refractivity contribution in [2.75, 3.05) is 31.6 Å². The van der Waals surface area contributed by atoms with Crippen molar-refractivity contribution in [3.05, 3.63) is 47.7 Å². The van der Waals surface area contributed by atoms with E-state index in [0.717, 1.165) is 6.07 Å². The molecule has 1 saturated heterocycles. The van der Waals surface area contributed by atoms with Gasteiger partial charge in [-0.2, -0.15) is 18.3 Å². The lowest BCUT2D eigenvalue weighted by atomic mass is 10.1. The number of urea groups is 1. The van der Waals surface area contributed by atoms with Crippen LogP contribution in [0.5, 0.6) is 0 Å². The number of carbonyl (C=O) groups is 1. The van der Waals surface area contributed by atoms with Crippen molar-refractivity contribution < 1.29 is 27.8 Å². The Kier molecular flexibility index (Phi) is 5.66. The Hall–Kier alpha value is -2.59. The summed E-state index contributed by atoms with van der Waals surface area (Å²) in [7, 11) is 0. The molecule has 2 heterocycles. The van der Waals surface area contributed by atoms with E-state index >= 15 is 0 Å². The van der Waals surface area contributed by atoms with Crippen molar-refractivity contribution >= 4 is 11.8 Å². The Balaban J connectivity index is 1.74. The number of aromatic nitrogens is 2. The van der Waals surface area contributed by atoms with Crippen LogP contribution in [-0.2, 0) is 17.5 Å². The minimum Gasteiger partial charge on any atom is -0.389 e. The molecule has 27 heavy (non-hydrogen) atoms. The molecule has 0 saturated carbocycles. The molecule has 0 aliphatic carbocycles. The van der Waals surface area contributed by atoms with E-state index in [0.29, 0.717) is 13.2 Å². The first kappa shape index (κ1) is 19.2. The summed E-state index contributed by atoms with van der Waals surface area (Å²) in [5.74, 6) is 0.261. The number of halogens is 3. The number of anilines is 1. The summed E-state index contributed by atoms with van der Waals surface area (Å²) in [6.45, 7) is 0.702. The van der Waals surface area contributed by atoms with Gasteiger partial charge in [-0.3, -0.25) is 5.32 Å². The third kappa shape index (κ3) is 4.77. The van der Waals surface area contributed by atoms with E-state index in [-0.39, 0.29) is 31.1 Å². The number of nitrogens with zero attached hydrogens (tertiary/aromatic N) is 3. The van der Waals surface area contributed by atoms with Crippen LogP contribution in [0.1, 0.15) is 11.1 Å². The normalized spacial score (nSPS) is 18.2. The summed E-state index contributed by atoms with van der Waals surface area (Å²) in [5.41, 5.74) is -0.701. The molecule has 1 aliphatic rings. The van der Waals surface area contributed by atoms with E-state index < -0.39 is 23.9 Å². The predicted molar refractivity (Wildman–Crippen MR) is 90.2 cm³/mol. The average molecular weight is 384 g/mol. The minimum atomic E-state index is -4.48. The molecular weight excluding hydrogens is 365 g/mol. The van der Waals surface area contributed by atoms with Crippen molar-refractivity contribution in [1.29, 1.82) is 0 Å². The largest absolute Gasteiger partial charge is 0.416 e. The molecule has 1 aliphatic heterocycles. The van der Waals surface area contributed by atoms with Gasteiger partial charge in [0, 0.05) is 12.6 Å². The maximum atomic E-state index is 13.2. The molecule has 2 N–H and O–H groups in total. The molecule has 0 bridgehead atoms. The topological polar surface area (TPSA) is 79.6 Å². The number of benzene rings is 1. The fourth-order valence-electron chi connectivity index (χ4n) is 2.83. The third-order valence-electron chi connectivity index (χ3n) is 4.13. The summed E-state index contributed by atoms with van der Waals surface area (Å²) in [4.78, 5) is 13.8. The summed E-state index contributed by atoms with van der Waals surface area (Å²) < 4.78 is 46.0. The second-order valence-electron chi connectivity index (χ2n) is 6.13. The molecule has 3 rings (SSSR count). The molecule has 1 atom stereocenters. The Morgan fingerprint density at radius 2 is 2.11 bits per heavy atom. The lowest BCUT2D eigenvalue weighted by Crippen LogP contribution is -2.40. The van der Waals surface area contributed by atoms with Crippen LogP contribution < -0.4 is 5.32 Å². The van der Waals surface area contributed by atoms with Crippen LogP contribution in [0.25, 0.3) is 0 Å². The van der Waals surface area contributed by atoms with Gasteiger partial charge >= 0.3 is 12.2 Å². The predicted octanol–water partition coefficient (Wildman–Crippen LogP) is 2.18. The molecule has 0 radical (unpaired) electrons. The monoisotopic (exact) mass is 384 g/mol. The number of β-amino-alcohol motifs (C(OH)–C–C–N with tert-alkyl or cyclic N) is 1. The van der Waals surface area contributed by atoms with E-state index in [9.17, 15) is 23.1 Å². The minimum absolute atomic E-state index is 0.0443. The highest BCUT2D eigenvalue weighted by Crippen LogP contribution is 2.32. The van der Waals surface area contributed by atoms with E-state index in [1.165, 1.54) is 40.0 Å². The van der Waals surface area contributed by atoms with Crippen molar-refractivity contribution in [2.24, 2.45) is 0 Å². The number of aliphatic hydroxyl groups is 1. The van der Waals surface area contributed by atoms with Crippen molar-refractivity contribution in [1.82, 2.24) is 14.7 Å². The highest BCUT2D eigenvalue weighted by molar-refractivity contribution is 5.88. The Morgan fingerprint density at radius 1 is 1.33 bits per heavy atom. The second-order valence-corrected chi connectivity index (χ2v) is 6.13. The van der Waals surface area contributed by atoms with E-state index in [2.05, 4.69) is 10.4 Å². The Bertz CT molecular complexity index is 794. The molecular formula is C17H19F3N4O3. The number of aliphatic hydroxyl groups excluding tert-OH is 1. The van der Waals surface area contributed by atoms with Gasteiger partial charge in [-0.1, -0.05) is 18.2 Å². The SMILES string of the molecule is O=C(Nc1ccnn1Cc1ccccc1C(F)(F)F)N1CCOC[C@H](O)C1. The highest BCUT2D eigenvalue weighted by atomic mass is 19.4. The third-order valence-corrected chi connectivity index (χ3v) is 4.13. The average Bonchev–Trinajstić information content (AvgIpc) is 2.91.